The lowest BCUT2D eigenvalue weighted by molar-refractivity contribution is -0.196. The summed E-state index contributed by atoms with van der Waals surface area (Å²) in [4.78, 5) is 49.2. The smallest absolute Gasteiger partial charge is 0.332 e. The number of rotatable bonds is 5. The monoisotopic (exact) mass is 563 g/mol. The minimum Gasteiger partial charge on any atom is -0.388 e. The molecule has 0 unspecified atom stereocenters. The Hall–Kier alpha value is -3.77. The predicted octanol–water partition coefficient (Wildman–Crippen LogP) is 1.65. The van der Waals surface area contributed by atoms with Gasteiger partial charge in [0.15, 0.2) is 11.2 Å². The first-order valence-electron chi connectivity index (χ1n) is 14.2. The van der Waals surface area contributed by atoms with E-state index in [0.29, 0.717) is 38.8 Å². The van der Waals surface area contributed by atoms with Crippen LogP contribution in [0.2, 0.25) is 0 Å². The number of hydrogen-bond donors (Lipinski definition) is 1. The van der Waals surface area contributed by atoms with Gasteiger partial charge in [-0.15, -0.1) is 0 Å². The number of benzene rings is 1. The minimum absolute atomic E-state index is 0.133. The van der Waals surface area contributed by atoms with E-state index in [1.165, 1.54) is 17.9 Å². The van der Waals surface area contributed by atoms with E-state index in [9.17, 15) is 19.5 Å². The molecule has 12 nitrogen and oxygen atoms in total. The van der Waals surface area contributed by atoms with Gasteiger partial charge in [0, 0.05) is 46.6 Å². The van der Waals surface area contributed by atoms with Gasteiger partial charge in [-0.3, -0.25) is 18.7 Å². The Kier molecular flexibility index (Phi) is 6.65. The van der Waals surface area contributed by atoms with Crippen LogP contribution >= 0.6 is 0 Å². The fourth-order valence-corrected chi connectivity index (χ4v) is 6.75. The van der Waals surface area contributed by atoms with E-state index >= 15 is 0 Å². The molecule has 0 radical (unpaired) electrons. The molecule has 5 heterocycles. The number of piperidine rings is 1. The number of nitrogens with zero attached hydrogens (tertiary/aromatic N) is 7. The lowest BCUT2D eigenvalue weighted by atomic mass is 9.75. The van der Waals surface area contributed by atoms with E-state index in [2.05, 4.69) is 20.6 Å². The first kappa shape index (κ1) is 27.4. The second kappa shape index (κ2) is 9.95. The third-order valence-electron chi connectivity index (χ3n) is 9.10. The summed E-state index contributed by atoms with van der Waals surface area (Å²) in [6, 6.07) is 7.49. The van der Waals surface area contributed by atoms with Crippen molar-refractivity contribution in [2.75, 3.05) is 19.7 Å². The molecule has 41 heavy (non-hydrogen) atoms. The Balaban J connectivity index is 1.09. The van der Waals surface area contributed by atoms with Crippen molar-refractivity contribution in [1.82, 2.24) is 33.1 Å². The van der Waals surface area contributed by atoms with Crippen LogP contribution in [0.15, 0.2) is 40.2 Å². The van der Waals surface area contributed by atoms with Gasteiger partial charge in [-0.2, -0.15) is 0 Å². The van der Waals surface area contributed by atoms with E-state index < -0.39 is 28.5 Å². The quantitative estimate of drug-likeness (QED) is 0.391. The lowest BCUT2D eigenvalue weighted by Crippen LogP contribution is -2.58. The van der Waals surface area contributed by atoms with E-state index in [-0.39, 0.29) is 23.7 Å². The van der Waals surface area contributed by atoms with Gasteiger partial charge in [0.1, 0.15) is 5.82 Å². The number of ether oxygens (including phenoxy) is 1. The highest BCUT2D eigenvalue weighted by Gasteiger charge is 2.50. The summed E-state index contributed by atoms with van der Waals surface area (Å²) < 4.78 is 12.6. The van der Waals surface area contributed by atoms with Gasteiger partial charge in [0.2, 0.25) is 5.91 Å². The van der Waals surface area contributed by atoms with Gasteiger partial charge in [-0.05, 0) is 45.2 Å². The summed E-state index contributed by atoms with van der Waals surface area (Å²) in [6.45, 7) is 5.83. The first-order chi connectivity index (χ1) is 19.5. The van der Waals surface area contributed by atoms with Crippen LogP contribution in [0.3, 0.4) is 0 Å². The molecule has 2 fully saturated rings. The van der Waals surface area contributed by atoms with Crippen molar-refractivity contribution in [2.45, 2.75) is 69.7 Å². The largest absolute Gasteiger partial charge is 0.388 e. The number of aryl methyl sites for hydroxylation is 3. The molecule has 1 aromatic carbocycles. The van der Waals surface area contributed by atoms with Crippen molar-refractivity contribution in [2.24, 2.45) is 14.1 Å². The maximum Gasteiger partial charge on any atom is 0.332 e. The number of imidazole rings is 2. The molecule has 2 atom stereocenters. The topological polar surface area (TPSA) is 129 Å². The zero-order valence-corrected chi connectivity index (χ0v) is 24.0. The number of amides is 1. The van der Waals surface area contributed by atoms with Gasteiger partial charge >= 0.3 is 5.69 Å². The maximum atomic E-state index is 13.1. The molecule has 1 spiro atoms. The molecule has 0 aliphatic carbocycles. The van der Waals surface area contributed by atoms with E-state index in [1.54, 1.807) is 18.5 Å². The van der Waals surface area contributed by atoms with Crippen molar-refractivity contribution in [3.63, 3.8) is 0 Å². The zero-order valence-electron chi connectivity index (χ0n) is 24.0. The van der Waals surface area contributed by atoms with Crippen LogP contribution in [0.5, 0.6) is 0 Å². The summed E-state index contributed by atoms with van der Waals surface area (Å²) in [6.07, 6.45) is 4.33. The molecule has 218 valence electrons. The Bertz CT molecular complexity index is 1750. The van der Waals surface area contributed by atoms with Crippen LogP contribution in [0, 0.1) is 6.92 Å². The summed E-state index contributed by atoms with van der Waals surface area (Å²) >= 11 is 0. The Labute approximate surface area is 236 Å². The number of hydrogen-bond acceptors (Lipinski definition) is 7. The average molecular weight is 564 g/mol. The lowest BCUT2D eigenvalue weighted by Gasteiger charge is -2.51. The van der Waals surface area contributed by atoms with Crippen LogP contribution in [-0.4, -0.2) is 75.0 Å². The second-order valence-corrected chi connectivity index (χ2v) is 11.9. The van der Waals surface area contributed by atoms with Crippen LogP contribution < -0.4 is 11.2 Å². The van der Waals surface area contributed by atoms with Gasteiger partial charge in [0.05, 0.1) is 41.2 Å². The molecule has 0 saturated carbocycles. The molecule has 12 heteroatoms. The number of para-hydroxylation sites is 2. The highest BCUT2D eigenvalue weighted by atomic mass is 16.5. The molecule has 3 aromatic heterocycles. The normalized spacial score (nSPS) is 22.7. The third-order valence-corrected chi connectivity index (χ3v) is 9.10. The average Bonchev–Trinajstić information content (AvgIpc) is 3.51. The number of likely N-dealkylation sites (tertiary alicyclic amines) is 1. The van der Waals surface area contributed by atoms with Crippen LogP contribution in [0.4, 0.5) is 0 Å². The standard InChI is InChI=1S/C29H37N7O5/c1-19-31-20-8-5-6-9-21(20)35(19)13-7-10-23(37)34-14-11-29(12-15-34)17-28(2,40)22(16-41-29)36-18-30-25-24(36)26(38)33(4)27(39)32(25)3/h5-6,8-9,18,22,40H,7,10-17H2,1-4H3/t22-,28-/m1/s1. The molecular weight excluding hydrogens is 526 g/mol. The van der Waals surface area contributed by atoms with Gasteiger partial charge < -0.3 is 23.9 Å². The van der Waals surface area contributed by atoms with Crippen LogP contribution in [-0.2, 0) is 30.2 Å². The van der Waals surface area contributed by atoms with E-state index in [4.69, 9.17) is 4.74 Å². The highest BCUT2D eigenvalue weighted by Crippen LogP contribution is 2.44. The summed E-state index contributed by atoms with van der Waals surface area (Å²) in [5, 5.41) is 11.7. The fraction of sp³-hybridized carbons (Fsp3) is 0.552. The van der Waals surface area contributed by atoms with Crippen molar-refractivity contribution >= 4 is 28.1 Å². The van der Waals surface area contributed by atoms with Crippen molar-refractivity contribution in [3.8, 4) is 0 Å². The number of fused-ring (bicyclic) bond motifs is 2. The minimum atomic E-state index is -1.19. The Morgan fingerprint density at radius 2 is 1.88 bits per heavy atom. The van der Waals surface area contributed by atoms with Gasteiger partial charge in [-0.25, -0.2) is 14.8 Å². The SMILES string of the molecule is Cc1nc2ccccc2n1CCCC(=O)N1CCC2(CC1)C[C@@](C)(O)[C@H](n1cnc3c1c(=O)n(C)c(=O)n3C)CO2. The number of carbonyl (C=O) groups excluding carboxylic acids is 1. The van der Waals surface area contributed by atoms with Crippen molar-refractivity contribution in [1.29, 1.82) is 0 Å². The zero-order chi connectivity index (χ0) is 29.1. The summed E-state index contributed by atoms with van der Waals surface area (Å²) in [7, 11) is 3.00. The molecule has 1 amide bonds. The van der Waals surface area contributed by atoms with Crippen molar-refractivity contribution in [3.05, 3.63) is 57.3 Å². The van der Waals surface area contributed by atoms with Crippen LogP contribution in [0.1, 0.15) is 50.9 Å². The Morgan fingerprint density at radius 3 is 2.61 bits per heavy atom. The number of carbonyl (C=O) groups is 1. The molecule has 6 rings (SSSR count). The molecule has 0 bridgehead atoms. The van der Waals surface area contributed by atoms with Gasteiger partial charge in [0.25, 0.3) is 5.56 Å². The third kappa shape index (κ3) is 4.58. The van der Waals surface area contributed by atoms with E-state index in [1.807, 2.05) is 30.0 Å². The Morgan fingerprint density at radius 1 is 1.15 bits per heavy atom. The predicted molar refractivity (Wildman–Crippen MR) is 153 cm³/mol. The molecule has 2 aliphatic rings. The summed E-state index contributed by atoms with van der Waals surface area (Å²) in [5.74, 6) is 1.08. The highest BCUT2D eigenvalue weighted by molar-refractivity contribution is 5.77. The number of aliphatic hydroxyl groups is 1. The number of aromatic nitrogens is 6. The second-order valence-electron chi connectivity index (χ2n) is 11.9. The molecule has 2 aliphatic heterocycles. The summed E-state index contributed by atoms with van der Waals surface area (Å²) in [5.41, 5.74) is -0.0510. The van der Waals surface area contributed by atoms with E-state index in [0.717, 1.165) is 34.4 Å². The molecule has 4 aromatic rings. The molecule has 1 N–H and O–H groups in total. The fourth-order valence-electron chi connectivity index (χ4n) is 6.75. The van der Waals surface area contributed by atoms with Crippen LogP contribution in [0.25, 0.3) is 22.2 Å². The van der Waals surface area contributed by atoms with Crippen molar-refractivity contribution < 1.29 is 14.6 Å². The molecule has 2 saturated heterocycles. The first-order valence-corrected chi connectivity index (χ1v) is 14.2. The molecular formula is C29H37N7O5. The van der Waals surface area contributed by atoms with Gasteiger partial charge in [-0.1, -0.05) is 12.1 Å². The maximum absolute atomic E-state index is 13.1.